The summed E-state index contributed by atoms with van der Waals surface area (Å²) in [7, 11) is 0. The average Bonchev–Trinajstić information content (AvgIpc) is 2.92. The molecule has 2 rings (SSSR count). The minimum atomic E-state index is 0.139. The highest BCUT2D eigenvalue weighted by atomic mass is 16.1. The molecule has 15 heavy (non-hydrogen) atoms. The minimum absolute atomic E-state index is 0.139. The van der Waals surface area contributed by atoms with E-state index >= 15 is 0 Å². The molecular formula is C12H20N2O. The van der Waals surface area contributed by atoms with Gasteiger partial charge in [0, 0.05) is 12.6 Å². The van der Waals surface area contributed by atoms with Crippen LogP contribution in [0.15, 0.2) is 11.6 Å². The van der Waals surface area contributed by atoms with Crippen LogP contribution < -0.4 is 10.6 Å². The van der Waals surface area contributed by atoms with Crippen LogP contribution >= 0.6 is 0 Å². The van der Waals surface area contributed by atoms with Crippen LogP contribution in [0.25, 0.3) is 0 Å². The lowest BCUT2D eigenvalue weighted by Gasteiger charge is -2.06. The third kappa shape index (κ3) is 4.04. The van der Waals surface area contributed by atoms with Gasteiger partial charge in [-0.25, -0.2) is 0 Å². The smallest absolute Gasteiger partial charge is 0.233 e. The highest BCUT2D eigenvalue weighted by Gasteiger charge is 2.20. The Bertz CT molecular complexity index is 256. The first-order chi connectivity index (χ1) is 7.34. The lowest BCUT2D eigenvalue weighted by Crippen LogP contribution is -2.35. The molecule has 2 aliphatic rings. The van der Waals surface area contributed by atoms with Crippen molar-refractivity contribution in [1.29, 1.82) is 0 Å². The number of carbonyl (C=O) groups is 1. The Balaban J connectivity index is 1.50. The zero-order chi connectivity index (χ0) is 10.5. The highest BCUT2D eigenvalue weighted by Crippen LogP contribution is 2.19. The molecule has 0 bridgehead atoms. The van der Waals surface area contributed by atoms with Crippen molar-refractivity contribution in [1.82, 2.24) is 10.6 Å². The van der Waals surface area contributed by atoms with Gasteiger partial charge in [-0.1, -0.05) is 11.6 Å². The lowest BCUT2D eigenvalue weighted by atomic mass is 10.2. The molecule has 2 aliphatic carbocycles. The fraction of sp³-hybridized carbons (Fsp3) is 0.750. The predicted molar refractivity (Wildman–Crippen MR) is 60.6 cm³/mol. The van der Waals surface area contributed by atoms with E-state index in [0.717, 1.165) is 13.0 Å². The van der Waals surface area contributed by atoms with Crippen LogP contribution in [0, 0.1) is 0 Å². The molecule has 1 amide bonds. The van der Waals surface area contributed by atoms with Gasteiger partial charge in [-0.3, -0.25) is 4.79 Å². The number of amides is 1. The first kappa shape index (κ1) is 10.7. The summed E-state index contributed by atoms with van der Waals surface area (Å²) < 4.78 is 0. The Labute approximate surface area is 91.3 Å². The molecule has 0 radical (unpaired) electrons. The third-order valence-corrected chi connectivity index (χ3v) is 3.03. The van der Waals surface area contributed by atoms with Gasteiger partial charge in [0.2, 0.25) is 5.91 Å². The Kier molecular flexibility index (Phi) is 3.78. The number of nitrogens with one attached hydrogen (secondary N) is 2. The van der Waals surface area contributed by atoms with Gasteiger partial charge in [0.15, 0.2) is 0 Å². The van der Waals surface area contributed by atoms with Crippen LogP contribution in [0.1, 0.15) is 38.5 Å². The quantitative estimate of drug-likeness (QED) is 0.647. The van der Waals surface area contributed by atoms with Crippen molar-refractivity contribution in [2.24, 2.45) is 0 Å². The summed E-state index contributed by atoms with van der Waals surface area (Å²) in [4.78, 5) is 11.4. The maximum Gasteiger partial charge on any atom is 0.233 e. The molecule has 3 nitrogen and oxygen atoms in total. The number of allylic oxidation sites excluding steroid dienone is 1. The molecule has 1 saturated carbocycles. The molecule has 0 aromatic carbocycles. The van der Waals surface area contributed by atoms with Crippen LogP contribution in [0.4, 0.5) is 0 Å². The van der Waals surface area contributed by atoms with Crippen molar-refractivity contribution < 1.29 is 4.79 Å². The van der Waals surface area contributed by atoms with E-state index in [1.54, 1.807) is 0 Å². The summed E-state index contributed by atoms with van der Waals surface area (Å²) in [6, 6.07) is 0.619. The van der Waals surface area contributed by atoms with Gasteiger partial charge < -0.3 is 10.6 Å². The van der Waals surface area contributed by atoms with E-state index in [2.05, 4.69) is 16.7 Å². The third-order valence-electron chi connectivity index (χ3n) is 3.03. The van der Waals surface area contributed by atoms with Crippen molar-refractivity contribution in [2.45, 2.75) is 44.6 Å². The zero-order valence-electron chi connectivity index (χ0n) is 9.22. The second-order valence-electron chi connectivity index (χ2n) is 4.51. The topological polar surface area (TPSA) is 41.1 Å². The molecule has 3 heteroatoms. The summed E-state index contributed by atoms with van der Waals surface area (Å²) in [5, 5.41) is 6.16. The predicted octanol–water partition coefficient (Wildman–Crippen LogP) is 1.35. The molecular weight excluding hydrogens is 188 g/mol. The van der Waals surface area contributed by atoms with Gasteiger partial charge in [0.1, 0.15) is 0 Å². The standard InChI is InChI=1S/C12H20N2O/c15-12(9-14-11-5-6-11)13-8-7-10-3-1-2-4-10/h3,11,14H,1-2,4-9H2,(H,13,15). The second-order valence-corrected chi connectivity index (χ2v) is 4.51. The summed E-state index contributed by atoms with van der Waals surface area (Å²) >= 11 is 0. The van der Waals surface area contributed by atoms with Crippen LogP contribution in [0.5, 0.6) is 0 Å². The zero-order valence-corrected chi connectivity index (χ0v) is 9.22. The molecule has 0 unspecified atom stereocenters. The number of hydrogen-bond donors (Lipinski definition) is 2. The first-order valence-corrected chi connectivity index (χ1v) is 6.02. The monoisotopic (exact) mass is 208 g/mol. The van der Waals surface area contributed by atoms with Crippen LogP contribution in [-0.4, -0.2) is 25.0 Å². The Morgan fingerprint density at radius 1 is 1.47 bits per heavy atom. The summed E-state index contributed by atoms with van der Waals surface area (Å²) in [5.41, 5.74) is 1.52. The number of rotatable bonds is 6. The van der Waals surface area contributed by atoms with Crippen molar-refractivity contribution in [3.63, 3.8) is 0 Å². The maximum atomic E-state index is 11.4. The van der Waals surface area contributed by atoms with Crippen molar-refractivity contribution in [2.75, 3.05) is 13.1 Å². The van der Waals surface area contributed by atoms with E-state index < -0.39 is 0 Å². The van der Waals surface area contributed by atoms with Gasteiger partial charge >= 0.3 is 0 Å². The molecule has 0 aliphatic heterocycles. The summed E-state index contributed by atoms with van der Waals surface area (Å²) in [5.74, 6) is 0.139. The lowest BCUT2D eigenvalue weighted by molar-refractivity contribution is -0.120. The van der Waals surface area contributed by atoms with E-state index in [0.29, 0.717) is 12.6 Å². The van der Waals surface area contributed by atoms with Crippen LogP contribution in [-0.2, 0) is 4.79 Å². The summed E-state index contributed by atoms with van der Waals surface area (Å²) in [6.07, 6.45) is 9.58. The van der Waals surface area contributed by atoms with Crippen molar-refractivity contribution in [3.8, 4) is 0 Å². The minimum Gasteiger partial charge on any atom is -0.355 e. The van der Waals surface area contributed by atoms with Crippen molar-refractivity contribution in [3.05, 3.63) is 11.6 Å². The summed E-state index contributed by atoms with van der Waals surface area (Å²) in [6.45, 7) is 1.29. The van der Waals surface area contributed by atoms with E-state index in [-0.39, 0.29) is 5.91 Å². The maximum absolute atomic E-state index is 11.4. The van der Waals surface area contributed by atoms with Crippen molar-refractivity contribution >= 4 is 5.91 Å². The van der Waals surface area contributed by atoms with E-state index in [4.69, 9.17) is 0 Å². The van der Waals surface area contributed by atoms with Gasteiger partial charge in [-0.2, -0.15) is 0 Å². The largest absolute Gasteiger partial charge is 0.355 e. The Hall–Kier alpha value is -0.830. The SMILES string of the molecule is O=C(CNC1CC1)NCCC1=CCCC1. The normalized spacial score (nSPS) is 20.1. The fourth-order valence-electron chi connectivity index (χ4n) is 1.91. The van der Waals surface area contributed by atoms with Gasteiger partial charge in [0.25, 0.3) is 0 Å². The molecule has 0 atom stereocenters. The molecule has 2 N–H and O–H groups in total. The number of hydrogen-bond acceptors (Lipinski definition) is 2. The molecule has 0 saturated heterocycles. The van der Waals surface area contributed by atoms with E-state index in [1.165, 1.54) is 37.7 Å². The van der Waals surface area contributed by atoms with Gasteiger partial charge in [-0.15, -0.1) is 0 Å². The average molecular weight is 208 g/mol. The molecule has 1 fully saturated rings. The molecule has 0 spiro atoms. The first-order valence-electron chi connectivity index (χ1n) is 6.02. The van der Waals surface area contributed by atoms with Crippen LogP contribution in [0.3, 0.4) is 0 Å². The van der Waals surface area contributed by atoms with Crippen LogP contribution in [0.2, 0.25) is 0 Å². The van der Waals surface area contributed by atoms with Gasteiger partial charge in [-0.05, 0) is 38.5 Å². The second kappa shape index (κ2) is 5.31. The molecule has 0 aromatic rings. The Morgan fingerprint density at radius 2 is 2.33 bits per heavy atom. The van der Waals surface area contributed by atoms with E-state index in [1.807, 2.05) is 0 Å². The van der Waals surface area contributed by atoms with Gasteiger partial charge in [0.05, 0.1) is 6.54 Å². The van der Waals surface area contributed by atoms with E-state index in [9.17, 15) is 4.79 Å². The Morgan fingerprint density at radius 3 is 3.00 bits per heavy atom. The number of carbonyl (C=O) groups excluding carboxylic acids is 1. The molecule has 84 valence electrons. The molecule has 0 aromatic heterocycles. The fourth-order valence-corrected chi connectivity index (χ4v) is 1.91. The highest BCUT2D eigenvalue weighted by molar-refractivity contribution is 5.78. The molecule has 0 heterocycles.